The lowest BCUT2D eigenvalue weighted by Gasteiger charge is -2.33. The summed E-state index contributed by atoms with van der Waals surface area (Å²) in [6, 6.07) is 14.6. The van der Waals surface area contributed by atoms with Gasteiger partial charge in [-0.05, 0) is 36.4 Å². The second-order valence-electron chi connectivity index (χ2n) is 7.49. The first kappa shape index (κ1) is 23.0. The number of carbonyl (C=O) groups excluding carboxylic acids is 2. The van der Waals surface area contributed by atoms with E-state index in [2.05, 4.69) is 15.6 Å². The predicted molar refractivity (Wildman–Crippen MR) is 131 cm³/mol. The lowest BCUT2D eigenvalue weighted by molar-refractivity contribution is -0.117. The molecule has 0 spiro atoms. The number of piperazine rings is 1. The Balaban J connectivity index is 1.25. The van der Waals surface area contributed by atoms with E-state index in [0.29, 0.717) is 42.0 Å². The smallest absolute Gasteiger partial charge is 0.273 e. The van der Waals surface area contributed by atoms with Crippen LogP contribution in [0.3, 0.4) is 0 Å². The summed E-state index contributed by atoms with van der Waals surface area (Å²) >= 11 is 7.53. The molecule has 172 valence electrons. The average Bonchev–Trinajstić information content (AvgIpc) is 3.29. The highest BCUT2D eigenvalue weighted by Crippen LogP contribution is 2.27. The standard InChI is InChI=1S/C23H24ClN5O3S/c1-32-17-8-6-16(7-9-17)25-21(30)14-28-10-12-29(13-11-28)22(31)20-15-33-23(27-20)26-19-5-3-2-4-18(19)24/h2-9,15H,10-14H2,1H3,(H,25,30)(H,26,27). The van der Waals surface area contributed by atoms with E-state index >= 15 is 0 Å². The number of carbonyl (C=O) groups is 2. The van der Waals surface area contributed by atoms with Crippen LogP contribution in [0.4, 0.5) is 16.5 Å². The van der Waals surface area contributed by atoms with Gasteiger partial charge in [0.2, 0.25) is 5.91 Å². The van der Waals surface area contributed by atoms with Crippen molar-refractivity contribution in [1.82, 2.24) is 14.8 Å². The molecule has 0 aliphatic carbocycles. The van der Waals surface area contributed by atoms with Gasteiger partial charge in [-0.15, -0.1) is 11.3 Å². The van der Waals surface area contributed by atoms with Crippen molar-refractivity contribution in [3.8, 4) is 5.75 Å². The minimum Gasteiger partial charge on any atom is -0.497 e. The summed E-state index contributed by atoms with van der Waals surface area (Å²) in [5.74, 6) is 0.538. The summed E-state index contributed by atoms with van der Waals surface area (Å²) in [7, 11) is 1.60. The van der Waals surface area contributed by atoms with Gasteiger partial charge in [0.05, 0.1) is 24.4 Å². The number of methoxy groups -OCH3 is 1. The van der Waals surface area contributed by atoms with Crippen molar-refractivity contribution in [3.63, 3.8) is 0 Å². The molecular formula is C23H24ClN5O3S. The molecule has 1 aliphatic heterocycles. The Morgan fingerprint density at radius 1 is 1.09 bits per heavy atom. The first-order valence-corrected chi connectivity index (χ1v) is 11.7. The number of rotatable bonds is 7. The number of nitrogens with zero attached hydrogens (tertiary/aromatic N) is 3. The van der Waals surface area contributed by atoms with E-state index in [1.807, 2.05) is 23.1 Å². The molecule has 0 unspecified atom stereocenters. The molecule has 33 heavy (non-hydrogen) atoms. The number of aromatic nitrogens is 1. The van der Waals surface area contributed by atoms with Crippen LogP contribution < -0.4 is 15.4 Å². The molecule has 0 bridgehead atoms. The van der Waals surface area contributed by atoms with Crippen molar-refractivity contribution in [2.75, 3.05) is 50.5 Å². The summed E-state index contributed by atoms with van der Waals surface area (Å²) in [5, 5.41) is 8.98. The Hall–Kier alpha value is -3.14. The third kappa shape index (κ3) is 6.01. The van der Waals surface area contributed by atoms with Gasteiger partial charge in [-0.2, -0.15) is 0 Å². The van der Waals surface area contributed by atoms with Gasteiger partial charge in [-0.25, -0.2) is 4.98 Å². The molecule has 0 saturated carbocycles. The van der Waals surface area contributed by atoms with E-state index in [4.69, 9.17) is 16.3 Å². The molecule has 0 radical (unpaired) electrons. The van der Waals surface area contributed by atoms with Crippen LogP contribution in [-0.2, 0) is 4.79 Å². The van der Waals surface area contributed by atoms with E-state index in [9.17, 15) is 9.59 Å². The number of hydrogen-bond acceptors (Lipinski definition) is 7. The van der Waals surface area contributed by atoms with Crippen molar-refractivity contribution in [2.24, 2.45) is 0 Å². The van der Waals surface area contributed by atoms with Crippen LogP contribution in [0.1, 0.15) is 10.5 Å². The monoisotopic (exact) mass is 485 g/mol. The maximum atomic E-state index is 12.9. The maximum absolute atomic E-state index is 12.9. The van der Waals surface area contributed by atoms with Crippen LogP contribution >= 0.6 is 22.9 Å². The second kappa shape index (κ2) is 10.7. The third-order valence-electron chi connectivity index (χ3n) is 5.24. The lowest BCUT2D eigenvalue weighted by Crippen LogP contribution is -2.50. The molecule has 1 fully saturated rings. The number of ether oxygens (including phenoxy) is 1. The van der Waals surface area contributed by atoms with Crippen LogP contribution in [0.15, 0.2) is 53.9 Å². The highest BCUT2D eigenvalue weighted by molar-refractivity contribution is 7.14. The molecule has 3 aromatic rings. The summed E-state index contributed by atoms with van der Waals surface area (Å²) in [4.78, 5) is 33.4. The number of para-hydroxylation sites is 1. The summed E-state index contributed by atoms with van der Waals surface area (Å²) in [6.45, 7) is 2.60. The van der Waals surface area contributed by atoms with Gasteiger partial charge < -0.3 is 20.3 Å². The van der Waals surface area contributed by atoms with Crippen LogP contribution in [0, 0.1) is 0 Å². The minimum atomic E-state index is -0.110. The lowest BCUT2D eigenvalue weighted by atomic mass is 10.2. The zero-order chi connectivity index (χ0) is 23.2. The number of amides is 2. The molecule has 2 aromatic carbocycles. The van der Waals surface area contributed by atoms with Crippen LogP contribution in [0.2, 0.25) is 5.02 Å². The van der Waals surface area contributed by atoms with E-state index in [1.54, 1.807) is 47.7 Å². The molecule has 2 N–H and O–H groups in total. The number of benzene rings is 2. The Bertz CT molecular complexity index is 1110. The largest absolute Gasteiger partial charge is 0.497 e. The fourth-order valence-corrected chi connectivity index (χ4v) is 4.34. The van der Waals surface area contributed by atoms with E-state index in [-0.39, 0.29) is 18.4 Å². The quantitative estimate of drug-likeness (QED) is 0.527. The minimum absolute atomic E-state index is 0.0882. The molecule has 0 atom stereocenters. The van der Waals surface area contributed by atoms with E-state index in [1.165, 1.54) is 11.3 Å². The maximum Gasteiger partial charge on any atom is 0.273 e. The molecule has 8 nitrogen and oxygen atoms in total. The number of anilines is 3. The zero-order valence-corrected chi connectivity index (χ0v) is 19.7. The summed E-state index contributed by atoms with van der Waals surface area (Å²) < 4.78 is 5.12. The van der Waals surface area contributed by atoms with Gasteiger partial charge in [0.1, 0.15) is 11.4 Å². The number of thiazole rings is 1. The topological polar surface area (TPSA) is 86.8 Å². The molecule has 1 saturated heterocycles. The normalized spacial score (nSPS) is 14.1. The number of hydrogen-bond donors (Lipinski definition) is 2. The average molecular weight is 486 g/mol. The number of halogens is 1. The van der Waals surface area contributed by atoms with E-state index in [0.717, 1.165) is 17.1 Å². The third-order valence-corrected chi connectivity index (χ3v) is 6.33. The van der Waals surface area contributed by atoms with Crippen LogP contribution in [0.5, 0.6) is 5.75 Å². The number of nitrogens with one attached hydrogen (secondary N) is 2. The molecule has 2 amide bonds. The Morgan fingerprint density at radius 3 is 2.52 bits per heavy atom. The van der Waals surface area contributed by atoms with Crippen LogP contribution in [0.25, 0.3) is 0 Å². The first-order chi connectivity index (χ1) is 16.0. The van der Waals surface area contributed by atoms with Crippen LogP contribution in [-0.4, -0.2) is 66.4 Å². The van der Waals surface area contributed by atoms with E-state index < -0.39 is 0 Å². The first-order valence-electron chi connectivity index (χ1n) is 10.4. The summed E-state index contributed by atoms with van der Waals surface area (Å²) in [5.41, 5.74) is 1.87. The van der Waals surface area contributed by atoms with Gasteiger partial charge in [-0.3, -0.25) is 14.5 Å². The van der Waals surface area contributed by atoms with Gasteiger partial charge in [0.25, 0.3) is 5.91 Å². The molecule has 2 heterocycles. The summed E-state index contributed by atoms with van der Waals surface area (Å²) in [6.07, 6.45) is 0. The SMILES string of the molecule is COc1ccc(NC(=O)CN2CCN(C(=O)c3csc(Nc4ccccc4Cl)n3)CC2)cc1. The van der Waals surface area contributed by atoms with Gasteiger partial charge in [-0.1, -0.05) is 23.7 Å². The van der Waals surface area contributed by atoms with Gasteiger partial charge >= 0.3 is 0 Å². The van der Waals surface area contributed by atoms with Crippen molar-refractivity contribution in [1.29, 1.82) is 0 Å². The fraction of sp³-hybridized carbons (Fsp3) is 0.261. The molecule has 4 rings (SSSR count). The second-order valence-corrected chi connectivity index (χ2v) is 8.75. The van der Waals surface area contributed by atoms with Crippen molar-refractivity contribution in [2.45, 2.75) is 0 Å². The molecule has 1 aliphatic rings. The van der Waals surface area contributed by atoms with Crippen molar-refractivity contribution >= 4 is 51.3 Å². The Kier molecular flexibility index (Phi) is 7.43. The zero-order valence-electron chi connectivity index (χ0n) is 18.1. The Morgan fingerprint density at radius 2 is 1.82 bits per heavy atom. The van der Waals surface area contributed by atoms with Crippen molar-refractivity contribution in [3.05, 3.63) is 64.6 Å². The molecule has 1 aromatic heterocycles. The molecular weight excluding hydrogens is 462 g/mol. The highest BCUT2D eigenvalue weighted by atomic mass is 35.5. The predicted octanol–water partition coefficient (Wildman–Crippen LogP) is 3.95. The van der Waals surface area contributed by atoms with Gasteiger partial charge in [0, 0.05) is 37.2 Å². The highest BCUT2D eigenvalue weighted by Gasteiger charge is 2.25. The fourth-order valence-electron chi connectivity index (χ4n) is 3.46. The Labute approximate surface area is 201 Å². The van der Waals surface area contributed by atoms with Crippen molar-refractivity contribution < 1.29 is 14.3 Å². The molecule has 10 heteroatoms. The van der Waals surface area contributed by atoms with Gasteiger partial charge in [0.15, 0.2) is 5.13 Å².